The first kappa shape index (κ1) is 14.4. The van der Waals surface area contributed by atoms with Crippen molar-refractivity contribution in [3.05, 3.63) is 34.4 Å². The Morgan fingerprint density at radius 3 is 2.68 bits per heavy atom. The molecule has 1 aliphatic rings. The van der Waals surface area contributed by atoms with Gasteiger partial charge in [0, 0.05) is 23.0 Å². The van der Waals surface area contributed by atoms with E-state index in [0.717, 1.165) is 25.3 Å². The van der Waals surface area contributed by atoms with Gasteiger partial charge in [0.25, 0.3) is 5.69 Å². The Balaban J connectivity index is 2.24. The highest BCUT2D eigenvalue weighted by Gasteiger charge is 2.30. The van der Waals surface area contributed by atoms with Crippen molar-refractivity contribution in [2.45, 2.75) is 35.0 Å². The van der Waals surface area contributed by atoms with E-state index in [4.69, 9.17) is 0 Å². The van der Waals surface area contributed by atoms with E-state index in [1.165, 1.54) is 18.2 Å². The molecule has 0 amide bonds. The molecular formula is C11H13BrN2O4S. The summed E-state index contributed by atoms with van der Waals surface area (Å²) in [4.78, 5) is 10.1. The Morgan fingerprint density at radius 2 is 2.11 bits per heavy atom. The van der Waals surface area contributed by atoms with Crippen LogP contribution in [0.5, 0.6) is 0 Å². The topological polar surface area (TPSA) is 89.3 Å². The van der Waals surface area contributed by atoms with Gasteiger partial charge in [-0.2, -0.15) is 0 Å². The molecular weight excluding hydrogens is 336 g/mol. The first-order chi connectivity index (χ1) is 8.90. The fourth-order valence-corrected chi connectivity index (χ4v) is 4.32. The second kappa shape index (κ2) is 5.56. The summed E-state index contributed by atoms with van der Waals surface area (Å²) in [6.45, 7) is 0. The van der Waals surface area contributed by atoms with E-state index >= 15 is 0 Å². The van der Waals surface area contributed by atoms with Crippen molar-refractivity contribution in [3.63, 3.8) is 0 Å². The number of hydrogen-bond acceptors (Lipinski definition) is 4. The predicted molar refractivity (Wildman–Crippen MR) is 73.8 cm³/mol. The lowest BCUT2D eigenvalue weighted by Gasteiger charge is -2.16. The maximum Gasteiger partial charge on any atom is 0.270 e. The minimum Gasteiger partial charge on any atom is -0.258 e. The van der Waals surface area contributed by atoms with Gasteiger partial charge in [-0.1, -0.05) is 28.4 Å². The first-order valence-electron chi connectivity index (χ1n) is 5.81. The molecule has 2 unspecified atom stereocenters. The predicted octanol–water partition coefficient (Wildman–Crippen LogP) is 2.19. The van der Waals surface area contributed by atoms with Gasteiger partial charge >= 0.3 is 0 Å². The van der Waals surface area contributed by atoms with Crippen LogP contribution in [0.2, 0.25) is 0 Å². The summed E-state index contributed by atoms with van der Waals surface area (Å²) in [6.07, 6.45) is 2.64. The molecule has 0 saturated heterocycles. The number of benzene rings is 1. The monoisotopic (exact) mass is 348 g/mol. The van der Waals surface area contributed by atoms with E-state index in [2.05, 4.69) is 20.7 Å². The van der Waals surface area contributed by atoms with Gasteiger partial charge in [-0.25, -0.2) is 13.1 Å². The molecule has 0 heterocycles. The number of halogens is 1. The summed E-state index contributed by atoms with van der Waals surface area (Å²) in [6, 6.07) is 4.90. The summed E-state index contributed by atoms with van der Waals surface area (Å²) in [5.41, 5.74) is -0.232. The molecule has 0 aliphatic heterocycles. The van der Waals surface area contributed by atoms with Gasteiger partial charge in [0.2, 0.25) is 10.0 Å². The van der Waals surface area contributed by atoms with E-state index < -0.39 is 14.9 Å². The van der Waals surface area contributed by atoms with Crippen LogP contribution in [0.25, 0.3) is 0 Å². The second-order valence-electron chi connectivity index (χ2n) is 4.43. The Bertz CT molecular complexity index is 590. The number of alkyl halides is 1. The maximum atomic E-state index is 12.2. The molecule has 1 N–H and O–H groups in total. The molecule has 0 bridgehead atoms. The highest BCUT2D eigenvalue weighted by atomic mass is 79.9. The van der Waals surface area contributed by atoms with Gasteiger partial charge in [-0.15, -0.1) is 0 Å². The number of non-ortho nitro benzene ring substituents is 1. The standard InChI is InChI=1S/C11H13BrN2O4S/c12-10-5-2-6-11(10)13-19(17,18)9-4-1-3-8(7-9)14(15)16/h1,3-4,7,10-11,13H,2,5-6H2. The molecule has 19 heavy (non-hydrogen) atoms. The molecule has 8 heteroatoms. The number of nitro benzene ring substituents is 1. The van der Waals surface area contributed by atoms with E-state index in [0.29, 0.717) is 0 Å². The van der Waals surface area contributed by atoms with Crippen LogP contribution in [0.1, 0.15) is 19.3 Å². The van der Waals surface area contributed by atoms with Gasteiger partial charge in [-0.3, -0.25) is 10.1 Å². The average Bonchev–Trinajstić information content (AvgIpc) is 2.74. The van der Waals surface area contributed by atoms with E-state index in [9.17, 15) is 18.5 Å². The van der Waals surface area contributed by atoms with Crippen molar-refractivity contribution in [2.75, 3.05) is 0 Å². The van der Waals surface area contributed by atoms with Gasteiger partial charge in [0.05, 0.1) is 9.82 Å². The van der Waals surface area contributed by atoms with Gasteiger partial charge in [-0.05, 0) is 18.9 Å². The minimum absolute atomic E-state index is 0.0756. The molecule has 1 aromatic carbocycles. The van der Waals surface area contributed by atoms with Crippen LogP contribution >= 0.6 is 15.9 Å². The number of hydrogen-bond donors (Lipinski definition) is 1. The summed E-state index contributed by atoms with van der Waals surface area (Å²) in [7, 11) is -3.72. The molecule has 1 saturated carbocycles. The van der Waals surface area contributed by atoms with Crippen LogP contribution in [0.3, 0.4) is 0 Å². The third kappa shape index (κ3) is 3.31. The average molecular weight is 349 g/mol. The maximum absolute atomic E-state index is 12.2. The molecule has 0 radical (unpaired) electrons. The summed E-state index contributed by atoms with van der Waals surface area (Å²) < 4.78 is 26.9. The molecule has 1 aliphatic carbocycles. The lowest BCUT2D eigenvalue weighted by atomic mass is 10.3. The second-order valence-corrected chi connectivity index (χ2v) is 7.32. The van der Waals surface area contributed by atoms with Crippen molar-refractivity contribution < 1.29 is 13.3 Å². The molecule has 1 aromatic rings. The number of sulfonamides is 1. The Hall–Kier alpha value is -0.990. The SMILES string of the molecule is O=[N+]([O-])c1cccc(S(=O)(=O)NC2CCCC2Br)c1. The van der Waals surface area contributed by atoms with Crippen molar-refractivity contribution in [1.29, 1.82) is 0 Å². The minimum atomic E-state index is -3.72. The third-order valence-electron chi connectivity index (χ3n) is 3.08. The normalized spacial score (nSPS) is 23.4. The molecule has 1 fully saturated rings. The molecule has 6 nitrogen and oxygen atoms in total. The smallest absolute Gasteiger partial charge is 0.258 e. The van der Waals surface area contributed by atoms with Crippen LogP contribution in [0, 0.1) is 10.1 Å². The van der Waals surface area contributed by atoms with Crippen molar-refractivity contribution in [3.8, 4) is 0 Å². The Labute approximate surface area is 119 Å². The van der Waals surface area contributed by atoms with E-state index in [1.807, 2.05) is 0 Å². The number of nitrogens with zero attached hydrogens (tertiary/aromatic N) is 1. The first-order valence-corrected chi connectivity index (χ1v) is 8.21. The van der Waals surface area contributed by atoms with Crippen LogP contribution in [0.15, 0.2) is 29.2 Å². The fraction of sp³-hybridized carbons (Fsp3) is 0.455. The Kier molecular flexibility index (Phi) is 4.22. The van der Waals surface area contributed by atoms with Crippen molar-refractivity contribution >= 4 is 31.6 Å². The molecule has 0 aromatic heterocycles. The zero-order valence-corrected chi connectivity index (χ0v) is 12.4. The highest BCUT2D eigenvalue weighted by Crippen LogP contribution is 2.27. The van der Waals surface area contributed by atoms with Gasteiger partial charge < -0.3 is 0 Å². The summed E-state index contributed by atoms with van der Waals surface area (Å²) >= 11 is 3.43. The highest BCUT2D eigenvalue weighted by molar-refractivity contribution is 9.09. The van der Waals surface area contributed by atoms with E-state index in [1.54, 1.807) is 0 Å². The molecule has 2 rings (SSSR count). The molecule has 0 spiro atoms. The van der Waals surface area contributed by atoms with Crippen molar-refractivity contribution in [1.82, 2.24) is 4.72 Å². The third-order valence-corrected chi connectivity index (χ3v) is 5.66. The number of rotatable bonds is 4. The number of nitro groups is 1. The van der Waals surface area contributed by atoms with E-state index in [-0.39, 0.29) is 21.5 Å². The molecule has 2 atom stereocenters. The van der Waals surface area contributed by atoms with Crippen molar-refractivity contribution in [2.24, 2.45) is 0 Å². The zero-order valence-electron chi connectivity index (χ0n) is 9.95. The quantitative estimate of drug-likeness (QED) is 0.513. The van der Waals surface area contributed by atoms with Crippen LogP contribution < -0.4 is 4.72 Å². The fourth-order valence-electron chi connectivity index (χ4n) is 2.08. The van der Waals surface area contributed by atoms with Crippen LogP contribution in [-0.4, -0.2) is 24.2 Å². The lowest BCUT2D eigenvalue weighted by Crippen LogP contribution is -2.37. The summed E-state index contributed by atoms with van der Waals surface area (Å²) in [5.74, 6) is 0. The van der Waals surface area contributed by atoms with Gasteiger partial charge in [0.15, 0.2) is 0 Å². The van der Waals surface area contributed by atoms with Gasteiger partial charge in [0.1, 0.15) is 0 Å². The largest absolute Gasteiger partial charge is 0.270 e. The number of nitrogens with one attached hydrogen (secondary N) is 1. The lowest BCUT2D eigenvalue weighted by molar-refractivity contribution is -0.385. The Morgan fingerprint density at radius 1 is 1.37 bits per heavy atom. The van der Waals surface area contributed by atoms with Crippen LogP contribution in [-0.2, 0) is 10.0 Å². The molecule has 104 valence electrons. The van der Waals surface area contributed by atoms with Crippen LogP contribution in [0.4, 0.5) is 5.69 Å². The summed E-state index contributed by atoms with van der Waals surface area (Å²) in [5, 5.41) is 10.7. The zero-order chi connectivity index (χ0) is 14.0.